The minimum atomic E-state index is -0.0952. The Hall–Kier alpha value is -1.69. The summed E-state index contributed by atoms with van der Waals surface area (Å²) in [5.41, 5.74) is 0.511. The lowest BCUT2D eigenvalue weighted by Gasteiger charge is -2.29. The third kappa shape index (κ3) is 4.97. The highest BCUT2D eigenvalue weighted by Gasteiger charge is 2.17. The SMILES string of the molecule is CCNc1ncc(C(=O)NCC[C@H]2CCCN(C)C2)cn1. The van der Waals surface area contributed by atoms with Gasteiger partial charge in [-0.1, -0.05) is 0 Å². The van der Waals surface area contributed by atoms with E-state index in [1.165, 1.54) is 19.4 Å². The second-order valence-corrected chi connectivity index (χ2v) is 5.64. The van der Waals surface area contributed by atoms with E-state index in [9.17, 15) is 4.79 Å². The fraction of sp³-hybridized carbons (Fsp3) is 0.667. The quantitative estimate of drug-likeness (QED) is 0.828. The van der Waals surface area contributed by atoms with E-state index in [0.29, 0.717) is 24.0 Å². The number of rotatable bonds is 6. The lowest BCUT2D eigenvalue weighted by atomic mass is 9.95. The number of amides is 1. The molecule has 1 saturated heterocycles. The van der Waals surface area contributed by atoms with Crippen LogP contribution in [0, 0.1) is 5.92 Å². The van der Waals surface area contributed by atoms with Crippen LogP contribution in [-0.4, -0.2) is 54.0 Å². The van der Waals surface area contributed by atoms with Crippen molar-refractivity contribution < 1.29 is 4.79 Å². The van der Waals surface area contributed by atoms with E-state index >= 15 is 0 Å². The molecule has 2 heterocycles. The van der Waals surface area contributed by atoms with E-state index in [0.717, 1.165) is 19.5 Å². The highest BCUT2D eigenvalue weighted by atomic mass is 16.1. The van der Waals surface area contributed by atoms with Crippen molar-refractivity contribution >= 4 is 11.9 Å². The van der Waals surface area contributed by atoms with Gasteiger partial charge in [0.05, 0.1) is 5.56 Å². The van der Waals surface area contributed by atoms with Crippen LogP contribution in [0.5, 0.6) is 0 Å². The molecule has 6 heteroatoms. The molecule has 0 aromatic carbocycles. The molecule has 1 aliphatic rings. The van der Waals surface area contributed by atoms with Crippen LogP contribution in [0.1, 0.15) is 36.5 Å². The minimum Gasteiger partial charge on any atom is -0.355 e. The number of carbonyl (C=O) groups excluding carboxylic acids is 1. The topological polar surface area (TPSA) is 70.2 Å². The number of nitrogens with one attached hydrogen (secondary N) is 2. The lowest BCUT2D eigenvalue weighted by Crippen LogP contribution is -2.34. The van der Waals surface area contributed by atoms with Crippen molar-refractivity contribution in [2.24, 2.45) is 5.92 Å². The fourth-order valence-corrected chi connectivity index (χ4v) is 2.70. The first-order valence-electron chi connectivity index (χ1n) is 7.71. The Morgan fingerprint density at radius 1 is 1.43 bits per heavy atom. The normalized spacial score (nSPS) is 19.2. The third-order valence-corrected chi connectivity index (χ3v) is 3.81. The molecule has 0 bridgehead atoms. The summed E-state index contributed by atoms with van der Waals surface area (Å²) >= 11 is 0. The molecule has 1 aromatic heterocycles. The molecule has 21 heavy (non-hydrogen) atoms. The average Bonchev–Trinajstić information content (AvgIpc) is 2.48. The smallest absolute Gasteiger partial charge is 0.254 e. The number of likely N-dealkylation sites (tertiary alicyclic amines) is 1. The van der Waals surface area contributed by atoms with Crippen LogP contribution in [0.2, 0.25) is 0 Å². The molecule has 0 saturated carbocycles. The molecular weight excluding hydrogens is 266 g/mol. The fourth-order valence-electron chi connectivity index (χ4n) is 2.70. The zero-order valence-corrected chi connectivity index (χ0v) is 12.9. The monoisotopic (exact) mass is 291 g/mol. The first kappa shape index (κ1) is 15.7. The molecule has 0 aliphatic carbocycles. The van der Waals surface area contributed by atoms with E-state index < -0.39 is 0 Å². The van der Waals surface area contributed by atoms with Gasteiger partial charge in [-0.15, -0.1) is 0 Å². The van der Waals surface area contributed by atoms with Crippen LogP contribution in [-0.2, 0) is 0 Å². The summed E-state index contributed by atoms with van der Waals surface area (Å²) in [5, 5.41) is 5.96. The number of carbonyl (C=O) groups is 1. The van der Waals surface area contributed by atoms with Crippen molar-refractivity contribution in [1.29, 1.82) is 0 Å². The summed E-state index contributed by atoms with van der Waals surface area (Å²) in [4.78, 5) is 22.6. The van der Waals surface area contributed by atoms with Gasteiger partial charge in [-0.3, -0.25) is 4.79 Å². The van der Waals surface area contributed by atoms with Crippen LogP contribution < -0.4 is 10.6 Å². The Balaban J connectivity index is 1.73. The van der Waals surface area contributed by atoms with Gasteiger partial charge in [0.1, 0.15) is 0 Å². The Labute approximate surface area is 126 Å². The lowest BCUT2D eigenvalue weighted by molar-refractivity contribution is 0.0947. The molecule has 1 atom stereocenters. The van der Waals surface area contributed by atoms with Gasteiger partial charge in [0, 0.05) is 32.0 Å². The second kappa shape index (κ2) is 7.93. The Morgan fingerprint density at radius 2 is 2.19 bits per heavy atom. The maximum atomic E-state index is 12.0. The maximum Gasteiger partial charge on any atom is 0.254 e. The molecule has 1 aromatic rings. The third-order valence-electron chi connectivity index (χ3n) is 3.81. The summed E-state index contributed by atoms with van der Waals surface area (Å²) < 4.78 is 0. The number of aromatic nitrogens is 2. The van der Waals surface area contributed by atoms with Crippen molar-refractivity contribution in [3.8, 4) is 0 Å². The van der Waals surface area contributed by atoms with Crippen molar-refractivity contribution in [3.05, 3.63) is 18.0 Å². The van der Waals surface area contributed by atoms with Gasteiger partial charge < -0.3 is 15.5 Å². The van der Waals surface area contributed by atoms with Gasteiger partial charge in [0.2, 0.25) is 5.95 Å². The summed E-state index contributed by atoms with van der Waals surface area (Å²) in [6, 6.07) is 0. The van der Waals surface area contributed by atoms with E-state index in [1.807, 2.05) is 6.92 Å². The van der Waals surface area contributed by atoms with Gasteiger partial charge in [-0.25, -0.2) is 9.97 Å². The Morgan fingerprint density at radius 3 is 2.86 bits per heavy atom. The Kier molecular flexibility index (Phi) is 5.92. The van der Waals surface area contributed by atoms with Gasteiger partial charge in [-0.2, -0.15) is 0 Å². The molecular formula is C15H25N5O. The zero-order chi connectivity index (χ0) is 15.1. The number of piperidine rings is 1. The molecule has 2 rings (SSSR count). The molecule has 2 N–H and O–H groups in total. The van der Waals surface area contributed by atoms with E-state index in [4.69, 9.17) is 0 Å². The predicted molar refractivity (Wildman–Crippen MR) is 83.4 cm³/mol. The molecule has 1 fully saturated rings. The second-order valence-electron chi connectivity index (χ2n) is 5.64. The average molecular weight is 291 g/mol. The molecule has 1 aliphatic heterocycles. The van der Waals surface area contributed by atoms with Crippen molar-refractivity contribution in [2.75, 3.05) is 38.5 Å². The van der Waals surface area contributed by atoms with Gasteiger partial charge in [0.25, 0.3) is 5.91 Å². The van der Waals surface area contributed by atoms with Gasteiger partial charge in [0.15, 0.2) is 0 Å². The van der Waals surface area contributed by atoms with Crippen molar-refractivity contribution in [1.82, 2.24) is 20.2 Å². The van der Waals surface area contributed by atoms with Crippen LogP contribution in [0.25, 0.3) is 0 Å². The molecule has 116 valence electrons. The van der Waals surface area contributed by atoms with E-state index in [1.54, 1.807) is 12.4 Å². The minimum absolute atomic E-state index is 0.0952. The first-order valence-corrected chi connectivity index (χ1v) is 7.71. The standard InChI is InChI=1S/C15H25N5O/c1-3-16-15-18-9-13(10-19-15)14(21)17-7-6-12-5-4-8-20(2)11-12/h9-10,12H,3-8,11H2,1-2H3,(H,17,21)(H,16,18,19)/t12-/m1/s1. The predicted octanol–water partition coefficient (Wildman–Crippen LogP) is 1.37. The van der Waals surface area contributed by atoms with Crippen LogP contribution in [0.15, 0.2) is 12.4 Å². The molecule has 0 unspecified atom stereocenters. The summed E-state index contributed by atoms with van der Waals surface area (Å²) in [7, 11) is 2.16. The Bertz CT molecular complexity index is 448. The van der Waals surface area contributed by atoms with Gasteiger partial charge in [-0.05, 0) is 45.7 Å². The highest BCUT2D eigenvalue weighted by Crippen LogP contribution is 2.17. The number of anilines is 1. The van der Waals surface area contributed by atoms with E-state index in [2.05, 4.69) is 32.5 Å². The molecule has 0 spiro atoms. The highest BCUT2D eigenvalue weighted by molar-refractivity contribution is 5.93. The van der Waals surface area contributed by atoms with Crippen molar-refractivity contribution in [3.63, 3.8) is 0 Å². The number of nitrogens with zero attached hydrogens (tertiary/aromatic N) is 3. The van der Waals surface area contributed by atoms with Crippen LogP contribution >= 0.6 is 0 Å². The molecule has 0 radical (unpaired) electrons. The largest absolute Gasteiger partial charge is 0.355 e. The summed E-state index contributed by atoms with van der Waals surface area (Å²) in [6.45, 7) is 5.79. The summed E-state index contributed by atoms with van der Waals surface area (Å²) in [6.07, 6.45) is 6.69. The van der Waals surface area contributed by atoms with Crippen molar-refractivity contribution in [2.45, 2.75) is 26.2 Å². The zero-order valence-electron chi connectivity index (χ0n) is 12.9. The van der Waals surface area contributed by atoms with Crippen LogP contribution in [0.3, 0.4) is 0 Å². The van der Waals surface area contributed by atoms with Gasteiger partial charge >= 0.3 is 0 Å². The first-order chi connectivity index (χ1) is 10.2. The molecule has 1 amide bonds. The maximum absolute atomic E-state index is 12.0. The summed E-state index contributed by atoms with van der Waals surface area (Å²) in [5.74, 6) is 1.15. The van der Waals surface area contributed by atoms with Crippen LogP contribution in [0.4, 0.5) is 5.95 Å². The van der Waals surface area contributed by atoms with E-state index in [-0.39, 0.29) is 5.91 Å². The number of hydrogen-bond donors (Lipinski definition) is 2. The number of hydrogen-bond acceptors (Lipinski definition) is 5. The molecule has 6 nitrogen and oxygen atoms in total.